The predicted molar refractivity (Wildman–Crippen MR) is 77.6 cm³/mol. The van der Waals surface area contributed by atoms with E-state index >= 15 is 0 Å². The van der Waals surface area contributed by atoms with Gasteiger partial charge >= 0.3 is 5.97 Å². The molecule has 1 aromatic rings. The quantitative estimate of drug-likeness (QED) is 0.897. The highest BCUT2D eigenvalue weighted by Gasteiger charge is 2.22. The lowest BCUT2D eigenvalue weighted by molar-refractivity contribution is -0.137. The van der Waals surface area contributed by atoms with Crippen LogP contribution >= 0.6 is 0 Å². The van der Waals surface area contributed by atoms with Crippen LogP contribution in [0.1, 0.15) is 42.6 Å². The molecule has 5 heteroatoms. The second-order valence-corrected chi connectivity index (χ2v) is 5.95. The van der Waals surface area contributed by atoms with Gasteiger partial charge in [0.25, 0.3) is 0 Å². The van der Waals surface area contributed by atoms with Gasteiger partial charge in [0, 0.05) is 37.8 Å². The van der Waals surface area contributed by atoms with Crippen molar-refractivity contribution in [3.8, 4) is 0 Å². The van der Waals surface area contributed by atoms with Crippen LogP contribution in [0.5, 0.6) is 0 Å². The van der Waals surface area contributed by atoms with E-state index in [0.717, 1.165) is 38.2 Å². The summed E-state index contributed by atoms with van der Waals surface area (Å²) in [6, 6.07) is 0. The van der Waals surface area contributed by atoms with E-state index in [9.17, 15) is 4.79 Å². The Labute approximate surface area is 120 Å². The van der Waals surface area contributed by atoms with Crippen LogP contribution in [0.3, 0.4) is 0 Å². The van der Waals surface area contributed by atoms with Gasteiger partial charge < -0.3 is 5.11 Å². The van der Waals surface area contributed by atoms with E-state index in [-0.39, 0.29) is 0 Å². The Morgan fingerprint density at radius 1 is 1.45 bits per heavy atom. The van der Waals surface area contributed by atoms with Gasteiger partial charge in [0.2, 0.25) is 0 Å². The molecular formula is C15H25N3O2. The summed E-state index contributed by atoms with van der Waals surface area (Å²) in [5.41, 5.74) is 3.67. The Morgan fingerprint density at radius 3 is 2.80 bits per heavy atom. The maximum absolute atomic E-state index is 10.7. The molecule has 1 aliphatic heterocycles. The van der Waals surface area contributed by atoms with Crippen LogP contribution in [-0.2, 0) is 18.4 Å². The first-order valence-electron chi connectivity index (χ1n) is 7.40. The molecule has 0 aromatic carbocycles. The van der Waals surface area contributed by atoms with Gasteiger partial charge in [-0.2, -0.15) is 5.10 Å². The third-order valence-corrected chi connectivity index (χ3v) is 4.41. The molecule has 1 aliphatic rings. The van der Waals surface area contributed by atoms with E-state index in [1.54, 1.807) is 0 Å². The molecule has 0 amide bonds. The average Bonchev–Trinajstić information content (AvgIpc) is 2.64. The van der Waals surface area contributed by atoms with Gasteiger partial charge in [-0.3, -0.25) is 14.4 Å². The summed E-state index contributed by atoms with van der Waals surface area (Å²) in [6.07, 6.45) is 3.43. The molecule has 2 rings (SSSR count). The number of carboxylic acids is 1. The first kappa shape index (κ1) is 15.0. The Kier molecular flexibility index (Phi) is 4.81. The summed E-state index contributed by atoms with van der Waals surface area (Å²) < 4.78 is 1.94. The van der Waals surface area contributed by atoms with Gasteiger partial charge in [0.1, 0.15) is 0 Å². The fourth-order valence-electron chi connectivity index (χ4n) is 3.13. The van der Waals surface area contributed by atoms with E-state index in [4.69, 9.17) is 5.11 Å². The third-order valence-electron chi connectivity index (χ3n) is 4.41. The smallest absolute Gasteiger partial charge is 0.303 e. The second kappa shape index (κ2) is 6.39. The predicted octanol–water partition coefficient (Wildman–Crippen LogP) is 2.11. The van der Waals surface area contributed by atoms with Gasteiger partial charge in [0.05, 0.1) is 5.69 Å². The van der Waals surface area contributed by atoms with Crippen molar-refractivity contribution in [2.75, 3.05) is 13.1 Å². The van der Waals surface area contributed by atoms with Crippen molar-refractivity contribution in [1.29, 1.82) is 0 Å². The zero-order valence-corrected chi connectivity index (χ0v) is 12.7. The molecule has 0 aliphatic carbocycles. The van der Waals surface area contributed by atoms with Crippen LogP contribution in [0.2, 0.25) is 0 Å². The van der Waals surface area contributed by atoms with Crippen molar-refractivity contribution < 1.29 is 9.90 Å². The Hall–Kier alpha value is -1.36. The monoisotopic (exact) mass is 279 g/mol. The number of aliphatic carboxylic acids is 1. The molecule has 1 aromatic heterocycles. The molecule has 0 spiro atoms. The number of aromatic nitrogens is 2. The summed E-state index contributed by atoms with van der Waals surface area (Å²) >= 11 is 0. The minimum Gasteiger partial charge on any atom is -0.481 e. The standard InChI is InChI=1S/C15H25N3O2/c1-11-14(12(2)17(3)16-11)10-18-8-4-5-13(9-18)6-7-15(19)20/h13H,4-10H2,1-3H3,(H,19,20). The maximum atomic E-state index is 10.7. The summed E-state index contributed by atoms with van der Waals surface area (Å²) in [7, 11) is 1.98. The van der Waals surface area contributed by atoms with Crippen molar-refractivity contribution in [3.63, 3.8) is 0 Å². The van der Waals surface area contributed by atoms with Crippen molar-refractivity contribution in [3.05, 3.63) is 17.0 Å². The van der Waals surface area contributed by atoms with Gasteiger partial charge in [-0.15, -0.1) is 0 Å². The van der Waals surface area contributed by atoms with E-state index in [1.807, 2.05) is 11.7 Å². The first-order chi connectivity index (χ1) is 9.47. The number of aryl methyl sites for hydroxylation is 2. The lowest BCUT2D eigenvalue weighted by Gasteiger charge is -2.32. The molecule has 1 saturated heterocycles. The molecule has 1 unspecified atom stereocenters. The van der Waals surface area contributed by atoms with Crippen molar-refractivity contribution in [2.24, 2.45) is 13.0 Å². The minimum absolute atomic E-state index is 0.295. The number of rotatable bonds is 5. The summed E-state index contributed by atoms with van der Waals surface area (Å²) in [4.78, 5) is 13.1. The first-order valence-corrected chi connectivity index (χ1v) is 7.40. The number of carbonyl (C=O) groups is 1. The number of piperidine rings is 1. The topological polar surface area (TPSA) is 58.4 Å². The summed E-state index contributed by atoms with van der Waals surface area (Å²) in [5.74, 6) is -0.154. The molecule has 1 atom stereocenters. The molecule has 0 saturated carbocycles. The van der Waals surface area contributed by atoms with Crippen molar-refractivity contribution in [2.45, 2.75) is 46.1 Å². The Morgan fingerprint density at radius 2 is 2.20 bits per heavy atom. The highest BCUT2D eigenvalue weighted by atomic mass is 16.4. The Bertz CT molecular complexity index is 482. The van der Waals surface area contributed by atoms with Gasteiger partial charge in [-0.05, 0) is 45.6 Å². The molecule has 20 heavy (non-hydrogen) atoms. The highest BCUT2D eigenvalue weighted by Crippen LogP contribution is 2.24. The maximum Gasteiger partial charge on any atom is 0.303 e. The fourth-order valence-corrected chi connectivity index (χ4v) is 3.13. The Balaban J connectivity index is 1.94. The normalized spacial score (nSPS) is 20.2. The van der Waals surface area contributed by atoms with Crippen LogP contribution in [0, 0.1) is 19.8 Å². The molecule has 0 bridgehead atoms. The molecule has 5 nitrogen and oxygen atoms in total. The molecule has 2 heterocycles. The van der Waals surface area contributed by atoms with E-state index in [2.05, 4.69) is 23.8 Å². The van der Waals surface area contributed by atoms with Crippen LogP contribution < -0.4 is 0 Å². The molecule has 1 fully saturated rings. The van der Waals surface area contributed by atoms with Crippen molar-refractivity contribution in [1.82, 2.24) is 14.7 Å². The third kappa shape index (κ3) is 3.60. The fraction of sp³-hybridized carbons (Fsp3) is 0.733. The van der Waals surface area contributed by atoms with Crippen LogP contribution in [0.15, 0.2) is 0 Å². The average molecular weight is 279 g/mol. The number of hydrogen-bond donors (Lipinski definition) is 1. The SMILES string of the molecule is Cc1nn(C)c(C)c1CN1CCCC(CCC(=O)O)C1. The van der Waals surface area contributed by atoms with Gasteiger partial charge in [0.15, 0.2) is 0 Å². The van der Waals surface area contributed by atoms with Gasteiger partial charge in [-0.1, -0.05) is 0 Å². The zero-order valence-electron chi connectivity index (χ0n) is 12.7. The largest absolute Gasteiger partial charge is 0.481 e. The van der Waals surface area contributed by atoms with E-state index < -0.39 is 5.97 Å². The van der Waals surface area contributed by atoms with Crippen LogP contribution in [-0.4, -0.2) is 38.8 Å². The number of likely N-dealkylation sites (tertiary alicyclic amines) is 1. The molecule has 0 radical (unpaired) electrons. The number of carboxylic acid groups (broad SMARTS) is 1. The lowest BCUT2D eigenvalue weighted by Crippen LogP contribution is -2.35. The van der Waals surface area contributed by atoms with E-state index in [0.29, 0.717) is 12.3 Å². The summed E-state index contributed by atoms with van der Waals surface area (Å²) in [5, 5.41) is 13.3. The molecular weight excluding hydrogens is 254 g/mol. The molecule has 112 valence electrons. The number of hydrogen-bond acceptors (Lipinski definition) is 3. The zero-order chi connectivity index (χ0) is 14.7. The number of nitrogens with zero attached hydrogens (tertiary/aromatic N) is 3. The van der Waals surface area contributed by atoms with Crippen LogP contribution in [0.25, 0.3) is 0 Å². The molecule has 1 N–H and O–H groups in total. The minimum atomic E-state index is -0.680. The summed E-state index contributed by atoms with van der Waals surface area (Å²) in [6.45, 7) is 7.24. The van der Waals surface area contributed by atoms with E-state index in [1.165, 1.54) is 17.7 Å². The lowest BCUT2D eigenvalue weighted by atomic mass is 9.93. The second-order valence-electron chi connectivity index (χ2n) is 5.95. The van der Waals surface area contributed by atoms with Crippen molar-refractivity contribution >= 4 is 5.97 Å². The van der Waals surface area contributed by atoms with Crippen LogP contribution in [0.4, 0.5) is 0 Å². The van der Waals surface area contributed by atoms with Gasteiger partial charge in [-0.25, -0.2) is 0 Å². The highest BCUT2D eigenvalue weighted by molar-refractivity contribution is 5.66.